The molecular weight excluding hydrogens is 346 g/mol. The Kier molecular flexibility index (Phi) is 4.90. The molecule has 4 rings (SSSR count). The van der Waals surface area contributed by atoms with Crippen molar-refractivity contribution < 1.29 is 14.3 Å². The van der Waals surface area contributed by atoms with Crippen molar-refractivity contribution in [2.24, 2.45) is 0 Å². The van der Waals surface area contributed by atoms with E-state index >= 15 is 0 Å². The van der Waals surface area contributed by atoms with Crippen molar-refractivity contribution in [2.75, 3.05) is 36.5 Å². The number of amides is 2. The van der Waals surface area contributed by atoms with Gasteiger partial charge in [-0.3, -0.25) is 9.59 Å². The van der Waals surface area contributed by atoms with Gasteiger partial charge in [0.25, 0.3) is 5.91 Å². The van der Waals surface area contributed by atoms with Crippen LogP contribution in [0, 0.1) is 0 Å². The number of hydrogen-bond acceptors (Lipinski definition) is 6. The lowest BCUT2D eigenvalue weighted by Gasteiger charge is -2.41. The Labute approximate surface area is 159 Å². The van der Waals surface area contributed by atoms with Gasteiger partial charge in [0.15, 0.2) is 0 Å². The van der Waals surface area contributed by atoms with E-state index < -0.39 is 0 Å². The summed E-state index contributed by atoms with van der Waals surface area (Å²) in [6.45, 7) is 5.47. The predicted molar refractivity (Wildman–Crippen MR) is 102 cm³/mol. The fourth-order valence-corrected chi connectivity index (χ4v) is 4.24. The average molecular weight is 373 g/mol. The normalized spacial score (nSPS) is 28.5. The van der Waals surface area contributed by atoms with Gasteiger partial charge in [0.05, 0.1) is 23.5 Å². The number of likely N-dealkylation sites (N-methyl/N-ethyl adjacent to an activating group) is 1. The van der Waals surface area contributed by atoms with Gasteiger partial charge in [-0.1, -0.05) is 6.07 Å². The van der Waals surface area contributed by atoms with Crippen LogP contribution in [0.4, 0.5) is 11.4 Å². The molecule has 1 aromatic carbocycles. The number of fused-ring (bicyclic) bond motifs is 1. The van der Waals surface area contributed by atoms with Crippen molar-refractivity contribution in [3.05, 3.63) is 23.8 Å². The number of ether oxygens (including phenoxy) is 1. The molecule has 3 atom stereocenters. The van der Waals surface area contributed by atoms with E-state index in [4.69, 9.17) is 4.74 Å². The summed E-state index contributed by atoms with van der Waals surface area (Å²) in [5, 5.41) is 1.98. The number of rotatable bonds is 2. The van der Waals surface area contributed by atoms with E-state index in [9.17, 15) is 9.59 Å². The maximum absolute atomic E-state index is 13.1. The van der Waals surface area contributed by atoms with Gasteiger partial charge >= 0.3 is 0 Å². The van der Waals surface area contributed by atoms with E-state index in [1.807, 2.05) is 42.1 Å². The van der Waals surface area contributed by atoms with Gasteiger partial charge in [0, 0.05) is 33.7 Å². The summed E-state index contributed by atoms with van der Waals surface area (Å²) < 4.78 is 5.64. The Morgan fingerprint density at radius 2 is 2.04 bits per heavy atom. The summed E-state index contributed by atoms with van der Waals surface area (Å²) in [5.74, 6) is -0.0170. The zero-order valence-electron chi connectivity index (χ0n) is 16.1. The number of nitrogens with one attached hydrogen (secondary N) is 2. The fraction of sp³-hybridized carbons (Fsp3) is 0.579. The summed E-state index contributed by atoms with van der Waals surface area (Å²) in [7, 11) is 1.97. The molecule has 2 amide bonds. The summed E-state index contributed by atoms with van der Waals surface area (Å²) in [4.78, 5) is 29.0. The summed E-state index contributed by atoms with van der Waals surface area (Å²) in [6, 6.07) is 6.05. The Hall–Kier alpha value is -2.00. The molecule has 3 heterocycles. The third-order valence-electron chi connectivity index (χ3n) is 5.54. The minimum absolute atomic E-state index is 0.00410. The molecule has 3 aliphatic rings. The molecule has 2 N–H and O–H groups in total. The van der Waals surface area contributed by atoms with Crippen molar-refractivity contribution in [1.82, 2.24) is 16.0 Å². The summed E-state index contributed by atoms with van der Waals surface area (Å²) >= 11 is 0. The van der Waals surface area contributed by atoms with Crippen LogP contribution in [-0.2, 0) is 14.3 Å². The second-order valence-corrected chi connectivity index (χ2v) is 7.63. The minimum atomic E-state index is -0.380. The molecule has 0 bridgehead atoms. The van der Waals surface area contributed by atoms with Crippen LogP contribution in [0.15, 0.2) is 18.2 Å². The second kappa shape index (κ2) is 7.20. The van der Waals surface area contributed by atoms with E-state index in [-0.39, 0.29) is 30.0 Å². The molecule has 0 aromatic heterocycles. The van der Waals surface area contributed by atoms with Crippen molar-refractivity contribution >= 4 is 23.2 Å². The highest BCUT2D eigenvalue weighted by Crippen LogP contribution is 2.39. The predicted octanol–water partition coefficient (Wildman–Crippen LogP) is 0.949. The van der Waals surface area contributed by atoms with Gasteiger partial charge in [0.2, 0.25) is 5.91 Å². The monoisotopic (exact) mass is 373 g/mol. The minimum Gasteiger partial charge on any atom is -0.368 e. The van der Waals surface area contributed by atoms with Crippen LogP contribution in [-0.4, -0.2) is 55.7 Å². The van der Waals surface area contributed by atoms with Crippen molar-refractivity contribution in [1.29, 1.82) is 0 Å². The molecule has 2 saturated heterocycles. The second-order valence-electron chi connectivity index (χ2n) is 7.63. The first-order valence-corrected chi connectivity index (χ1v) is 9.54. The molecule has 2 unspecified atom stereocenters. The highest BCUT2D eigenvalue weighted by Gasteiger charge is 2.38. The van der Waals surface area contributed by atoms with E-state index in [1.165, 1.54) is 0 Å². The largest absolute Gasteiger partial charge is 0.368 e. The first-order chi connectivity index (χ1) is 13.0. The van der Waals surface area contributed by atoms with Crippen LogP contribution >= 0.6 is 0 Å². The lowest BCUT2D eigenvalue weighted by atomic mass is 10.0. The third kappa shape index (κ3) is 3.34. The number of hydrazine groups is 2. The van der Waals surface area contributed by atoms with Gasteiger partial charge in [-0.25, -0.2) is 10.4 Å². The number of carbonyl (C=O) groups excluding carboxylic acids is 2. The quantitative estimate of drug-likeness (QED) is 0.804. The van der Waals surface area contributed by atoms with E-state index in [0.717, 1.165) is 36.3 Å². The Balaban J connectivity index is 1.73. The standard InChI is InChI=1S/C19H27N5O3/c1-12-10-23(19(26)18-5-4-8-27-18)17-9-14(15-11-22(3)21-20-15)6-7-16(17)24(12)13(2)25/h6-7,9,12,15,18,20-21H,4-5,8,10-11H2,1-3H3/t12-,15?,18?/m0/s1. The maximum Gasteiger partial charge on any atom is 0.256 e. The summed E-state index contributed by atoms with van der Waals surface area (Å²) in [6.07, 6.45) is 1.29. The number of carbonyl (C=O) groups is 2. The number of benzene rings is 1. The molecule has 27 heavy (non-hydrogen) atoms. The Morgan fingerprint density at radius 1 is 1.22 bits per heavy atom. The zero-order valence-corrected chi connectivity index (χ0v) is 16.1. The van der Waals surface area contributed by atoms with E-state index in [0.29, 0.717) is 13.2 Å². The first kappa shape index (κ1) is 18.4. The van der Waals surface area contributed by atoms with Crippen LogP contribution in [0.2, 0.25) is 0 Å². The zero-order chi connectivity index (χ0) is 19.1. The molecule has 3 aliphatic heterocycles. The van der Waals surface area contributed by atoms with E-state index in [1.54, 1.807) is 11.8 Å². The van der Waals surface area contributed by atoms with Gasteiger partial charge in [-0.15, -0.1) is 0 Å². The third-order valence-corrected chi connectivity index (χ3v) is 5.54. The summed E-state index contributed by atoms with van der Waals surface area (Å²) in [5.41, 5.74) is 8.97. The van der Waals surface area contributed by atoms with E-state index in [2.05, 4.69) is 11.0 Å². The van der Waals surface area contributed by atoms with Crippen LogP contribution in [0.5, 0.6) is 0 Å². The molecule has 0 spiro atoms. The Morgan fingerprint density at radius 3 is 2.67 bits per heavy atom. The molecule has 8 heteroatoms. The average Bonchev–Trinajstić information content (AvgIpc) is 3.31. The molecule has 0 radical (unpaired) electrons. The van der Waals surface area contributed by atoms with Gasteiger partial charge < -0.3 is 14.5 Å². The SMILES string of the molecule is CC(=O)N1c2ccc(C3CN(C)NN3)cc2N(C(=O)C2CCCO2)C[C@@H]1C. The highest BCUT2D eigenvalue weighted by molar-refractivity contribution is 6.05. The van der Waals surface area contributed by atoms with Gasteiger partial charge in [0.1, 0.15) is 6.10 Å². The lowest BCUT2D eigenvalue weighted by molar-refractivity contribution is -0.127. The molecule has 0 aliphatic carbocycles. The van der Waals surface area contributed by atoms with Crippen LogP contribution in [0.1, 0.15) is 38.3 Å². The smallest absolute Gasteiger partial charge is 0.256 e. The lowest BCUT2D eigenvalue weighted by Crippen LogP contribution is -2.53. The molecule has 1 aromatic rings. The number of anilines is 2. The molecular formula is C19H27N5O3. The van der Waals surface area contributed by atoms with Crippen molar-refractivity contribution in [3.8, 4) is 0 Å². The Bertz CT molecular complexity index is 749. The fourth-order valence-electron chi connectivity index (χ4n) is 4.24. The van der Waals surface area contributed by atoms with Gasteiger partial charge in [-0.05, 0) is 37.5 Å². The van der Waals surface area contributed by atoms with Crippen LogP contribution < -0.4 is 20.8 Å². The molecule has 0 saturated carbocycles. The van der Waals surface area contributed by atoms with Crippen LogP contribution in [0.25, 0.3) is 0 Å². The van der Waals surface area contributed by atoms with Crippen molar-refractivity contribution in [3.63, 3.8) is 0 Å². The first-order valence-electron chi connectivity index (χ1n) is 9.54. The molecule has 8 nitrogen and oxygen atoms in total. The molecule has 2 fully saturated rings. The topological polar surface area (TPSA) is 77.2 Å². The van der Waals surface area contributed by atoms with Gasteiger partial charge in [-0.2, -0.15) is 5.53 Å². The number of hydrogen-bond donors (Lipinski definition) is 2. The van der Waals surface area contributed by atoms with Crippen LogP contribution in [0.3, 0.4) is 0 Å². The maximum atomic E-state index is 13.1. The molecule has 146 valence electrons. The number of nitrogens with zero attached hydrogens (tertiary/aromatic N) is 3. The highest BCUT2D eigenvalue weighted by atomic mass is 16.5. The van der Waals surface area contributed by atoms with Crippen molar-refractivity contribution in [2.45, 2.75) is 44.9 Å².